The number of thiophene rings is 1. The molecule has 3 aromatic rings. The molecule has 0 aliphatic rings. The summed E-state index contributed by atoms with van der Waals surface area (Å²) in [5.74, 6) is -0.111. The van der Waals surface area contributed by atoms with Crippen molar-refractivity contribution in [2.24, 2.45) is 0 Å². The zero-order valence-electron chi connectivity index (χ0n) is 11.1. The second-order valence-corrected chi connectivity index (χ2v) is 6.77. The van der Waals surface area contributed by atoms with Crippen molar-refractivity contribution in [2.45, 2.75) is 0 Å². The molecule has 0 atom stereocenters. The molecule has 3 aromatic heterocycles. The van der Waals surface area contributed by atoms with E-state index in [1.54, 1.807) is 35.9 Å². The Morgan fingerprint density at radius 2 is 2.24 bits per heavy atom. The van der Waals surface area contributed by atoms with Gasteiger partial charge in [-0.2, -0.15) is 11.3 Å². The number of hydrogen-bond acceptors (Lipinski definition) is 6. The predicted molar refractivity (Wildman–Crippen MR) is 89.9 cm³/mol. The van der Waals surface area contributed by atoms with Gasteiger partial charge in [0.2, 0.25) is 0 Å². The van der Waals surface area contributed by atoms with E-state index < -0.39 is 0 Å². The molecule has 7 heteroatoms. The Bertz CT molecular complexity index is 771. The summed E-state index contributed by atoms with van der Waals surface area (Å²) in [5, 5.41) is 10.5. The summed E-state index contributed by atoms with van der Waals surface area (Å²) in [7, 11) is 1.61. The van der Waals surface area contributed by atoms with Crippen LogP contribution >= 0.6 is 34.0 Å². The minimum absolute atomic E-state index is 0.111. The number of aromatic nitrogens is 2. The van der Waals surface area contributed by atoms with E-state index in [1.807, 2.05) is 22.9 Å². The van der Waals surface area contributed by atoms with Gasteiger partial charge in [0.05, 0.1) is 11.9 Å². The van der Waals surface area contributed by atoms with Crippen LogP contribution in [-0.2, 0) is 0 Å². The molecule has 0 aliphatic heterocycles. The van der Waals surface area contributed by atoms with Crippen molar-refractivity contribution in [1.82, 2.24) is 15.3 Å². The van der Waals surface area contributed by atoms with Crippen molar-refractivity contribution in [3.63, 3.8) is 0 Å². The Morgan fingerprint density at radius 3 is 3.00 bits per heavy atom. The van der Waals surface area contributed by atoms with Gasteiger partial charge in [-0.25, -0.2) is 9.97 Å². The molecular weight excluding hydrogens is 322 g/mol. The number of carbonyl (C=O) groups excluding carboxylic acids is 1. The quantitative estimate of drug-likeness (QED) is 0.789. The van der Waals surface area contributed by atoms with E-state index in [1.165, 1.54) is 11.3 Å². The molecule has 0 radical (unpaired) electrons. The van der Waals surface area contributed by atoms with Gasteiger partial charge in [-0.15, -0.1) is 22.7 Å². The number of thiazole rings is 2. The average Bonchev–Trinajstić information content (AvgIpc) is 3.23. The van der Waals surface area contributed by atoms with E-state index >= 15 is 0 Å². The third-order valence-corrected chi connectivity index (χ3v) is 5.22. The first-order valence-electron chi connectivity index (χ1n) is 6.10. The summed E-state index contributed by atoms with van der Waals surface area (Å²) < 4.78 is 0. The van der Waals surface area contributed by atoms with Gasteiger partial charge in [-0.3, -0.25) is 4.79 Å². The number of carbonyl (C=O) groups is 1. The van der Waals surface area contributed by atoms with Crippen LogP contribution in [0.5, 0.6) is 0 Å². The van der Waals surface area contributed by atoms with E-state index in [9.17, 15) is 4.79 Å². The van der Waals surface area contributed by atoms with E-state index in [0.717, 1.165) is 21.3 Å². The molecule has 0 fully saturated rings. The van der Waals surface area contributed by atoms with Crippen LogP contribution in [0.25, 0.3) is 22.7 Å². The fourth-order valence-corrected chi connectivity index (χ4v) is 3.90. The van der Waals surface area contributed by atoms with Gasteiger partial charge in [0.25, 0.3) is 5.91 Å². The SMILES string of the molecule is CNC(=O)c1cnc(/C=C\c2csc(-c3ccsc3)n2)s1. The lowest BCUT2D eigenvalue weighted by molar-refractivity contribution is 0.0967. The highest BCUT2D eigenvalue weighted by Crippen LogP contribution is 2.26. The molecule has 1 N–H and O–H groups in total. The second kappa shape index (κ2) is 6.30. The molecule has 1 amide bonds. The van der Waals surface area contributed by atoms with E-state index in [4.69, 9.17) is 0 Å². The zero-order chi connectivity index (χ0) is 14.7. The third kappa shape index (κ3) is 3.26. The zero-order valence-corrected chi connectivity index (χ0v) is 13.5. The minimum Gasteiger partial charge on any atom is -0.354 e. The standard InChI is InChI=1S/C14H11N3OS3/c1-15-13(18)11-6-16-12(21-11)3-2-10-8-20-14(17-10)9-4-5-19-7-9/h2-8H,1H3,(H,15,18)/b3-2-. The van der Waals surface area contributed by atoms with Crippen LogP contribution in [-0.4, -0.2) is 22.9 Å². The Labute approximate surface area is 133 Å². The molecule has 0 aliphatic carbocycles. The van der Waals surface area contributed by atoms with E-state index in [-0.39, 0.29) is 5.91 Å². The summed E-state index contributed by atoms with van der Waals surface area (Å²) in [6, 6.07) is 2.06. The van der Waals surface area contributed by atoms with Gasteiger partial charge in [0, 0.05) is 23.4 Å². The summed E-state index contributed by atoms with van der Waals surface area (Å²) in [6.07, 6.45) is 5.38. The molecule has 4 nitrogen and oxygen atoms in total. The lowest BCUT2D eigenvalue weighted by atomic mass is 10.3. The van der Waals surface area contributed by atoms with Gasteiger partial charge < -0.3 is 5.32 Å². The van der Waals surface area contributed by atoms with Crippen LogP contribution in [0, 0.1) is 0 Å². The highest BCUT2D eigenvalue weighted by molar-refractivity contribution is 7.14. The first-order chi connectivity index (χ1) is 10.3. The summed E-state index contributed by atoms with van der Waals surface area (Å²) in [6.45, 7) is 0. The first kappa shape index (κ1) is 14.1. The van der Waals surface area contributed by atoms with Crippen molar-refractivity contribution in [3.05, 3.63) is 44.0 Å². The highest BCUT2D eigenvalue weighted by Gasteiger charge is 2.07. The highest BCUT2D eigenvalue weighted by atomic mass is 32.1. The molecule has 0 aromatic carbocycles. The Morgan fingerprint density at radius 1 is 1.33 bits per heavy atom. The lowest BCUT2D eigenvalue weighted by Crippen LogP contribution is -2.16. The number of rotatable bonds is 4. The van der Waals surface area contributed by atoms with Gasteiger partial charge in [-0.05, 0) is 23.6 Å². The monoisotopic (exact) mass is 333 g/mol. The molecular formula is C14H11N3OS3. The number of nitrogens with zero attached hydrogens (tertiary/aromatic N) is 2. The molecule has 3 heterocycles. The number of nitrogens with one attached hydrogen (secondary N) is 1. The average molecular weight is 333 g/mol. The summed E-state index contributed by atoms with van der Waals surface area (Å²) >= 11 is 4.64. The second-order valence-electron chi connectivity index (χ2n) is 4.06. The van der Waals surface area contributed by atoms with Crippen molar-refractivity contribution in [1.29, 1.82) is 0 Å². The summed E-state index contributed by atoms with van der Waals surface area (Å²) in [4.78, 5) is 20.8. The third-order valence-electron chi connectivity index (χ3n) is 2.66. The predicted octanol–water partition coefficient (Wildman–Crippen LogP) is 3.86. The first-order valence-corrected chi connectivity index (χ1v) is 8.74. The molecule has 0 unspecified atom stereocenters. The topological polar surface area (TPSA) is 54.9 Å². The van der Waals surface area contributed by atoms with Crippen LogP contribution in [0.15, 0.2) is 28.4 Å². The Kier molecular flexibility index (Phi) is 4.23. The normalized spacial score (nSPS) is 11.1. The van der Waals surface area contributed by atoms with Crippen LogP contribution in [0.3, 0.4) is 0 Å². The van der Waals surface area contributed by atoms with Crippen molar-refractivity contribution >= 4 is 52.1 Å². The van der Waals surface area contributed by atoms with Gasteiger partial charge >= 0.3 is 0 Å². The molecule has 21 heavy (non-hydrogen) atoms. The van der Waals surface area contributed by atoms with Crippen LogP contribution in [0.2, 0.25) is 0 Å². The summed E-state index contributed by atoms with van der Waals surface area (Å²) in [5.41, 5.74) is 2.05. The van der Waals surface area contributed by atoms with Crippen molar-refractivity contribution in [3.8, 4) is 10.6 Å². The Balaban J connectivity index is 1.74. The van der Waals surface area contributed by atoms with Crippen molar-refractivity contribution in [2.75, 3.05) is 7.05 Å². The van der Waals surface area contributed by atoms with Gasteiger partial charge in [0.1, 0.15) is 14.9 Å². The Hall–Kier alpha value is -1.83. The van der Waals surface area contributed by atoms with Gasteiger partial charge in [-0.1, -0.05) is 0 Å². The van der Waals surface area contributed by atoms with Crippen LogP contribution < -0.4 is 5.32 Å². The maximum absolute atomic E-state index is 11.5. The fraction of sp³-hybridized carbons (Fsp3) is 0.0714. The number of hydrogen-bond donors (Lipinski definition) is 1. The maximum atomic E-state index is 11.5. The molecule has 106 valence electrons. The van der Waals surface area contributed by atoms with Crippen molar-refractivity contribution < 1.29 is 4.79 Å². The van der Waals surface area contributed by atoms with E-state index in [2.05, 4.69) is 26.7 Å². The van der Waals surface area contributed by atoms with E-state index in [0.29, 0.717) is 4.88 Å². The molecule has 0 saturated heterocycles. The smallest absolute Gasteiger partial charge is 0.262 e. The molecule has 0 saturated carbocycles. The minimum atomic E-state index is -0.111. The number of amides is 1. The van der Waals surface area contributed by atoms with Crippen LogP contribution in [0.1, 0.15) is 20.4 Å². The molecule has 0 bridgehead atoms. The van der Waals surface area contributed by atoms with Crippen LogP contribution in [0.4, 0.5) is 0 Å². The molecule has 0 spiro atoms. The maximum Gasteiger partial charge on any atom is 0.262 e. The van der Waals surface area contributed by atoms with Gasteiger partial charge in [0.15, 0.2) is 0 Å². The lowest BCUT2D eigenvalue weighted by Gasteiger charge is -1.90. The molecule has 3 rings (SSSR count). The largest absolute Gasteiger partial charge is 0.354 e. The fourth-order valence-electron chi connectivity index (χ4n) is 1.63.